The Balaban J connectivity index is 1.97. The zero-order valence-electron chi connectivity index (χ0n) is 14.4. The Morgan fingerprint density at radius 2 is 1.67 bits per heavy atom. The topological polar surface area (TPSA) is 25.2 Å². The van der Waals surface area contributed by atoms with Crippen LogP contribution in [0.25, 0.3) is 16.8 Å². The zero-order valence-corrected chi connectivity index (χ0v) is 14.4. The molecule has 0 saturated carbocycles. The molecule has 1 aromatic heterocycles. The van der Waals surface area contributed by atoms with Gasteiger partial charge in [-0.05, 0) is 17.0 Å². The highest BCUT2D eigenvalue weighted by molar-refractivity contribution is 6.06. The number of benzene rings is 2. The molecule has 0 fully saturated rings. The summed E-state index contributed by atoms with van der Waals surface area (Å²) in [5.74, 6) is 0. The summed E-state index contributed by atoms with van der Waals surface area (Å²) in [5, 5.41) is 2.36. The molecule has 3 aromatic rings. The minimum atomic E-state index is -0.148. The highest BCUT2D eigenvalue weighted by Gasteiger charge is 2.24. The molecule has 2 nitrogen and oxygen atoms in total. The summed E-state index contributed by atoms with van der Waals surface area (Å²) in [4.78, 5) is 8.89. The summed E-state index contributed by atoms with van der Waals surface area (Å²) >= 11 is 0. The second-order valence-electron chi connectivity index (χ2n) is 6.38. The van der Waals surface area contributed by atoms with Gasteiger partial charge < -0.3 is 0 Å². The van der Waals surface area contributed by atoms with E-state index in [4.69, 9.17) is 0 Å². The summed E-state index contributed by atoms with van der Waals surface area (Å²) in [6.45, 7) is 4.41. The first kappa shape index (κ1) is 16.1. The highest BCUT2D eigenvalue weighted by atomic mass is 14.7. The Bertz CT molecular complexity index is 885. The standard InChI is InChI=1S/C22H22N2/c1-22(2,19-10-5-4-6-11-19)21(23-3)14-13-18-16-24-15-17-9-7-8-12-20(17)18/h4-16H,1-3H3/b14-13+,23-21?. The summed E-state index contributed by atoms with van der Waals surface area (Å²) in [6, 6.07) is 18.8. The SMILES string of the molecule is CN=C(/C=C/c1cncc2ccccc12)C(C)(C)c1ccccc1. The molecule has 120 valence electrons. The summed E-state index contributed by atoms with van der Waals surface area (Å²) in [7, 11) is 1.85. The fourth-order valence-corrected chi connectivity index (χ4v) is 3.01. The van der Waals surface area contributed by atoms with E-state index in [1.807, 2.05) is 31.6 Å². The fraction of sp³-hybridized carbons (Fsp3) is 0.182. The molecule has 1 heterocycles. The largest absolute Gasteiger partial charge is 0.292 e. The van der Waals surface area contributed by atoms with Crippen molar-refractivity contribution in [3.05, 3.63) is 84.2 Å². The van der Waals surface area contributed by atoms with Crippen molar-refractivity contribution in [3.63, 3.8) is 0 Å². The molecule has 2 heteroatoms. The maximum atomic E-state index is 4.54. The number of aromatic nitrogens is 1. The zero-order chi connectivity index (χ0) is 17.0. The quantitative estimate of drug-likeness (QED) is 0.600. The Kier molecular flexibility index (Phi) is 4.57. The van der Waals surface area contributed by atoms with Gasteiger partial charge >= 0.3 is 0 Å². The van der Waals surface area contributed by atoms with Gasteiger partial charge in [0.05, 0.1) is 0 Å². The third-order valence-electron chi connectivity index (χ3n) is 4.50. The van der Waals surface area contributed by atoms with Crippen molar-refractivity contribution < 1.29 is 0 Å². The van der Waals surface area contributed by atoms with Gasteiger partial charge in [-0.15, -0.1) is 0 Å². The normalized spacial score (nSPS) is 12.9. The molecular weight excluding hydrogens is 292 g/mol. The molecule has 0 N–H and O–H groups in total. The number of hydrogen-bond acceptors (Lipinski definition) is 2. The van der Waals surface area contributed by atoms with Crippen LogP contribution in [0.5, 0.6) is 0 Å². The first-order chi connectivity index (χ1) is 11.6. The van der Waals surface area contributed by atoms with Gasteiger partial charge in [0.15, 0.2) is 0 Å². The van der Waals surface area contributed by atoms with Gasteiger partial charge in [0.25, 0.3) is 0 Å². The molecular formula is C22H22N2. The lowest BCUT2D eigenvalue weighted by molar-refractivity contribution is 0.719. The van der Waals surface area contributed by atoms with E-state index in [1.54, 1.807) is 0 Å². The summed E-state index contributed by atoms with van der Waals surface area (Å²) in [6.07, 6.45) is 8.02. The van der Waals surface area contributed by atoms with Gasteiger partial charge in [-0.2, -0.15) is 0 Å². The maximum Gasteiger partial charge on any atom is 0.0445 e. The molecule has 0 spiro atoms. The molecule has 2 aromatic carbocycles. The average Bonchev–Trinajstić information content (AvgIpc) is 2.63. The van der Waals surface area contributed by atoms with Crippen LogP contribution >= 0.6 is 0 Å². The third-order valence-corrected chi connectivity index (χ3v) is 4.50. The molecule has 0 aliphatic carbocycles. The Morgan fingerprint density at radius 3 is 2.42 bits per heavy atom. The molecule has 0 saturated heterocycles. The number of nitrogens with zero attached hydrogens (tertiary/aromatic N) is 2. The van der Waals surface area contributed by atoms with Gasteiger partial charge in [-0.25, -0.2) is 0 Å². The minimum Gasteiger partial charge on any atom is -0.292 e. The van der Waals surface area contributed by atoms with E-state index in [-0.39, 0.29) is 5.41 Å². The molecule has 0 aliphatic rings. The third kappa shape index (κ3) is 3.13. The van der Waals surface area contributed by atoms with Crippen molar-refractivity contribution in [2.45, 2.75) is 19.3 Å². The number of hydrogen-bond donors (Lipinski definition) is 0. The van der Waals surface area contributed by atoms with Gasteiger partial charge in [0, 0.05) is 41.5 Å². The predicted molar refractivity (Wildman–Crippen MR) is 104 cm³/mol. The van der Waals surface area contributed by atoms with Crippen LogP contribution in [0.4, 0.5) is 0 Å². The van der Waals surface area contributed by atoms with Crippen molar-refractivity contribution in [2.24, 2.45) is 4.99 Å². The summed E-state index contributed by atoms with van der Waals surface area (Å²) in [5.41, 5.74) is 3.26. The van der Waals surface area contributed by atoms with Gasteiger partial charge in [-0.1, -0.05) is 74.5 Å². The smallest absolute Gasteiger partial charge is 0.0445 e. The van der Waals surface area contributed by atoms with E-state index in [0.29, 0.717) is 0 Å². The molecule has 24 heavy (non-hydrogen) atoms. The lowest BCUT2D eigenvalue weighted by atomic mass is 9.79. The first-order valence-corrected chi connectivity index (χ1v) is 8.16. The lowest BCUT2D eigenvalue weighted by Crippen LogP contribution is -2.27. The number of pyridine rings is 1. The van der Waals surface area contributed by atoms with Crippen LogP contribution in [0.1, 0.15) is 25.0 Å². The monoisotopic (exact) mass is 314 g/mol. The Morgan fingerprint density at radius 1 is 0.958 bits per heavy atom. The number of rotatable bonds is 4. The maximum absolute atomic E-state index is 4.54. The van der Waals surface area contributed by atoms with Gasteiger partial charge in [0.1, 0.15) is 0 Å². The average molecular weight is 314 g/mol. The number of aliphatic imine (C=N–C) groups is 1. The molecule has 0 atom stereocenters. The molecule has 0 bridgehead atoms. The van der Waals surface area contributed by atoms with Crippen molar-refractivity contribution in [1.29, 1.82) is 0 Å². The van der Waals surface area contributed by atoms with E-state index in [1.165, 1.54) is 10.9 Å². The van der Waals surface area contributed by atoms with Crippen molar-refractivity contribution >= 4 is 22.6 Å². The second kappa shape index (κ2) is 6.79. The van der Waals surface area contributed by atoms with E-state index in [2.05, 4.69) is 78.4 Å². The van der Waals surface area contributed by atoms with Crippen LogP contribution in [0.15, 0.2) is 78.1 Å². The number of fused-ring (bicyclic) bond motifs is 1. The molecule has 0 amide bonds. The van der Waals surface area contributed by atoms with Crippen LogP contribution in [-0.2, 0) is 5.41 Å². The Labute approximate surface area is 143 Å². The van der Waals surface area contributed by atoms with Crippen LogP contribution in [0.3, 0.4) is 0 Å². The van der Waals surface area contributed by atoms with Crippen LogP contribution < -0.4 is 0 Å². The van der Waals surface area contributed by atoms with Crippen LogP contribution in [0, 0.1) is 0 Å². The Hall–Kier alpha value is -2.74. The molecule has 0 radical (unpaired) electrons. The molecule has 3 rings (SSSR count). The van der Waals surface area contributed by atoms with Crippen molar-refractivity contribution in [1.82, 2.24) is 4.98 Å². The molecule has 0 unspecified atom stereocenters. The van der Waals surface area contributed by atoms with Crippen LogP contribution in [-0.4, -0.2) is 17.7 Å². The van der Waals surface area contributed by atoms with E-state index in [9.17, 15) is 0 Å². The van der Waals surface area contributed by atoms with E-state index >= 15 is 0 Å². The number of allylic oxidation sites excluding steroid dienone is 1. The van der Waals surface area contributed by atoms with Crippen molar-refractivity contribution in [2.75, 3.05) is 7.05 Å². The van der Waals surface area contributed by atoms with Gasteiger partial charge in [-0.3, -0.25) is 9.98 Å². The van der Waals surface area contributed by atoms with E-state index < -0.39 is 0 Å². The lowest BCUT2D eigenvalue weighted by Gasteiger charge is -2.25. The summed E-state index contributed by atoms with van der Waals surface area (Å²) < 4.78 is 0. The predicted octanol–water partition coefficient (Wildman–Crippen LogP) is 5.30. The molecule has 0 aliphatic heterocycles. The first-order valence-electron chi connectivity index (χ1n) is 8.16. The fourth-order valence-electron chi connectivity index (χ4n) is 3.01. The van der Waals surface area contributed by atoms with E-state index in [0.717, 1.165) is 16.7 Å². The highest BCUT2D eigenvalue weighted by Crippen LogP contribution is 2.26. The second-order valence-corrected chi connectivity index (χ2v) is 6.38. The van der Waals surface area contributed by atoms with Gasteiger partial charge in [0.2, 0.25) is 0 Å². The van der Waals surface area contributed by atoms with Crippen molar-refractivity contribution in [3.8, 4) is 0 Å². The minimum absolute atomic E-state index is 0.148. The van der Waals surface area contributed by atoms with Crippen LogP contribution in [0.2, 0.25) is 0 Å².